The minimum atomic E-state index is -0.498. The van der Waals surface area contributed by atoms with Crippen LogP contribution in [0.15, 0.2) is 77.9 Å². The maximum absolute atomic E-state index is 13.1. The third-order valence-electron chi connectivity index (χ3n) is 4.87. The number of hydrogen-bond acceptors (Lipinski definition) is 8. The van der Waals surface area contributed by atoms with Crippen molar-refractivity contribution in [2.75, 3.05) is 5.01 Å². The van der Waals surface area contributed by atoms with Crippen LogP contribution in [-0.2, 0) is 4.79 Å². The molecule has 0 spiro atoms. The van der Waals surface area contributed by atoms with E-state index in [4.69, 9.17) is 0 Å². The summed E-state index contributed by atoms with van der Waals surface area (Å²) in [7, 11) is 0. The number of non-ortho nitro benzene ring substituents is 2. The second-order valence-corrected chi connectivity index (χ2v) is 8.40. The van der Waals surface area contributed by atoms with Crippen LogP contribution in [-0.4, -0.2) is 27.0 Å². The molecule has 4 rings (SSSR count). The molecule has 0 saturated heterocycles. The van der Waals surface area contributed by atoms with E-state index >= 15 is 0 Å². The molecule has 174 valence electrons. The first-order valence-corrected chi connectivity index (χ1v) is 11.0. The number of aromatic nitrogens is 1. The number of anilines is 1. The van der Waals surface area contributed by atoms with Crippen molar-refractivity contribution in [1.82, 2.24) is 4.98 Å². The Labute approximate surface area is 202 Å². The zero-order chi connectivity index (χ0) is 24.9. The van der Waals surface area contributed by atoms with E-state index in [2.05, 4.69) is 10.1 Å². The summed E-state index contributed by atoms with van der Waals surface area (Å²) in [5.74, 6) is -0.489. The molecular formula is C24H17N5O5S. The Hall–Kier alpha value is -4.77. The molecule has 10 nitrogen and oxygen atoms in total. The van der Waals surface area contributed by atoms with Crippen molar-refractivity contribution in [3.05, 3.63) is 110 Å². The van der Waals surface area contributed by atoms with Gasteiger partial charge in [0.1, 0.15) is 0 Å². The lowest BCUT2D eigenvalue weighted by molar-refractivity contribution is -0.385. The largest absolute Gasteiger partial charge is 0.273 e. The minimum absolute atomic E-state index is 0.0485. The molecule has 0 radical (unpaired) electrons. The lowest BCUT2D eigenvalue weighted by Crippen LogP contribution is -2.23. The molecule has 1 heterocycles. The molecule has 0 aliphatic rings. The van der Waals surface area contributed by atoms with Gasteiger partial charge in [0, 0.05) is 30.3 Å². The van der Waals surface area contributed by atoms with E-state index < -0.39 is 15.8 Å². The van der Waals surface area contributed by atoms with Crippen molar-refractivity contribution in [2.45, 2.75) is 6.92 Å². The molecule has 0 aliphatic heterocycles. The molecule has 35 heavy (non-hydrogen) atoms. The average molecular weight is 487 g/mol. The van der Waals surface area contributed by atoms with Crippen LogP contribution in [0.4, 0.5) is 16.5 Å². The molecule has 0 saturated carbocycles. The molecule has 1 amide bonds. The fraction of sp³-hybridized carbons (Fsp3) is 0.0417. The number of nitro groups is 2. The lowest BCUT2D eigenvalue weighted by atomic mass is 10.2. The predicted octanol–water partition coefficient (Wildman–Crippen LogP) is 5.50. The zero-order valence-corrected chi connectivity index (χ0v) is 19.1. The third-order valence-corrected chi connectivity index (χ3v) is 5.86. The van der Waals surface area contributed by atoms with Gasteiger partial charge in [0.2, 0.25) is 5.13 Å². The number of hydrazone groups is 1. The van der Waals surface area contributed by atoms with Gasteiger partial charge in [-0.05, 0) is 66.1 Å². The van der Waals surface area contributed by atoms with Crippen molar-refractivity contribution in [3.63, 3.8) is 0 Å². The first-order valence-electron chi connectivity index (χ1n) is 10.2. The Balaban J connectivity index is 1.64. The quantitative estimate of drug-likeness (QED) is 0.146. The molecule has 0 N–H and O–H groups in total. The van der Waals surface area contributed by atoms with Crippen LogP contribution in [0.2, 0.25) is 0 Å². The standard InChI is InChI=1S/C24H17N5O5S/c1-16-2-12-21-22(14-16)35-24(26-21)27(25-15-18-5-10-20(11-6-18)29(33)34)23(30)13-7-17-3-8-19(9-4-17)28(31)32/h2-15H,1H3/b13-7+,25-15+. The number of rotatable bonds is 7. The number of benzene rings is 3. The SMILES string of the molecule is Cc1ccc2nc(N(/N=C/c3ccc([N+](=O)[O-])cc3)C(=O)/C=C/c3ccc([N+](=O)[O-])cc3)sc2c1. The highest BCUT2D eigenvalue weighted by atomic mass is 32.1. The molecule has 0 bridgehead atoms. The maximum atomic E-state index is 13.1. The number of nitrogens with zero attached hydrogens (tertiary/aromatic N) is 5. The maximum Gasteiger partial charge on any atom is 0.273 e. The van der Waals surface area contributed by atoms with Gasteiger partial charge in [-0.3, -0.25) is 25.0 Å². The molecule has 0 unspecified atom stereocenters. The molecule has 0 atom stereocenters. The summed E-state index contributed by atoms with van der Waals surface area (Å²) < 4.78 is 0.891. The van der Waals surface area contributed by atoms with Crippen LogP contribution in [0.5, 0.6) is 0 Å². The summed E-state index contributed by atoms with van der Waals surface area (Å²) >= 11 is 1.30. The van der Waals surface area contributed by atoms with E-state index in [1.54, 1.807) is 0 Å². The monoisotopic (exact) mass is 487 g/mol. The summed E-state index contributed by atoms with van der Waals surface area (Å²) in [5, 5.41) is 27.5. The first kappa shape index (κ1) is 23.4. The van der Waals surface area contributed by atoms with Gasteiger partial charge >= 0.3 is 0 Å². The highest BCUT2D eigenvalue weighted by Crippen LogP contribution is 2.30. The van der Waals surface area contributed by atoms with Crippen LogP contribution in [0.3, 0.4) is 0 Å². The number of carbonyl (C=O) groups is 1. The molecule has 0 aliphatic carbocycles. The fourth-order valence-corrected chi connectivity index (χ4v) is 4.09. The average Bonchev–Trinajstić information content (AvgIpc) is 3.26. The van der Waals surface area contributed by atoms with Crippen LogP contribution in [0.25, 0.3) is 16.3 Å². The van der Waals surface area contributed by atoms with Crippen LogP contribution < -0.4 is 5.01 Å². The summed E-state index contributed by atoms with van der Waals surface area (Å²) in [4.78, 5) is 38.3. The van der Waals surface area contributed by atoms with Gasteiger partial charge in [0.25, 0.3) is 17.3 Å². The van der Waals surface area contributed by atoms with Gasteiger partial charge in [0.05, 0.1) is 26.3 Å². The van der Waals surface area contributed by atoms with Gasteiger partial charge in [-0.15, -0.1) is 0 Å². The second kappa shape index (κ2) is 10.0. The van der Waals surface area contributed by atoms with Crippen molar-refractivity contribution >= 4 is 56.3 Å². The third kappa shape index (κ3) is 5.60. The summed E-state index contributed by atoms with van der Waals surface area (Å²) in [5.41, 5.74) is 2.83. The van der Waals surface area contributed by atoms with E-state index in [0.717, 1.165) is 20.8 Å². The van der Waals surface area contributed by atoms with Crippen LogP contribution in [0, 0.1) is 27.2 Å². The lowest BCUT2D eigenvalue weighted by Gasteiger charge is -2.11. The second-order valence-electron chi connectivity index (χ2n) is 7.39. The topological polar surface area (TPSA) is 132 Å². The number of amides is 1. The fourth-order valence-electron chi connectivity index (χ4n) is 3.06. The summed E-state index contributed by atoms with van der Waals surface area (Å²) in [6.45, 7) is 1.96. The predicted molar refractivity (Wildman–Crippen MR) is 135 cm³/mol. The Bertz CT molecular complexity index is 1480. The Kier molecular flexibility index (Phi) is 6.69. The van der Waals surface area contributed by atoms with Gasteiger partial charge in [-0.25, -0.2) is 4.98 Å². The molecule has 1 aromatic heterocycles. The number of hydrogen-bond donors (Lipinski definition) is 0. The van der Waals surface area contributed by atoms with Crippen LogP contribution in [0.1, 0.15) is 16.7 Å². The number of nitro benzene ring substituents is 2. The summed E-state index contributed by atoms with van der Waals surface area (Å²) in [6.07, 6.45) is 4.24. The van der Waals surface area contributed by atoms with E-state index in [0.29, 0.717) is 16.3 Å². The van der Waals surface area contributed by atoms with Gasteiger partial charge in [0.15, 0.2) is 0 Å². The van der Waals surface area contributed by atoms with E-state index in [1.807, 2.05) is 25.1 Å². The normalized spacial score (nSPS) is 11.3. The van der Waals surface area contributed by atoms with E-state index in [9.17, 15) is 25.0 Å². The number of carbonyl (C=O) groups excluding carboxylic acids is 1. The zero-order valence-electron chi connectivity index (χ0n) is 18.3. The number of fused-ring (bicyclic) bond motifs is 1. The summed E-state index contributed by atoms with van der Waals surface area (Å²) in [6, 6.07) is 17.3. The van der Waals surface area contributed by atoms with E-state index in [1.165, 1.54) is 78.2 Å². The van der Waals surface area contributed by atoms with Crippen molar-refractivity contribution < 1.29 is 14.6 Å². The Morgan fingerprint density at radius 1 is 0.943 bits per heavy atom. The number of thiazole rings is 1. The molecular weight excluding hydrogens is 470 g/mol. The van der Waals surface area contributed by atoms with Gasteiger partial charge in [-0.2, -0.15) is 10.1 Å². The van der Waals surface area contributed by atoms with Crippen molar-refractivity contribution in [1.29, 1.82) is 0 Å². The smallest absolute Gasteiger partial charge is 0.267 e. The van der Waals surface area contributed by atoms with Crippen molar-refractivity contribution in [2.24, 2.45) is 5.10 Å². The molecule has 11 heteroatoms. The van der Waals surface area contributed by atoms with E-state index in [-0.39, 0.29) is 11.4 Å². The molecule has 3 aromatic carbocycles. The minimum Gasteiger partial charge on any atom is -0.267 e. The number of aryl methyl sites for hydroxylation is 1. The highest BCUT2D eigenvalue weighted by Gasteiger charge is 2.17. The molecule has 4 aromatic rings. The van der Waals surface area contributed by atoms with Crippen molar-refractivity contribution in [3.8, 4) is 0 Å². The van der Waals surface area contributed by atoms with Gasteiger partial charge < -0.3 is 0 Å². The van der Waals surface area contributed by atoms with Gasteiger partial charge in [-0.1, -0.05) is 17.4 Å². The Morgan fingerprint density at radius 2 is 1.54 bits per heavy atom. The first-order chi connectivity index (χ1) is 16.8. The van der Waals surface area contributed by atoms with Crippen LogP contribution >= 0.6 is 11.3 Å². The molecule has 0 fully saturated rings. The highest BCUT2D eigenvalue weighted by molar-refractivity contribution is 7.22. The Morgan fingerprint density at radius 3 is 2.14 bits per heavy atom.